The monoisotopic (exact) mass is 416 g/mol. The van der Waals surface area contributed by atoms with Crippen LogP contribution >= 0.6 is 0 Å². The van der Waals surface area contributed by atoms with Gasteiger partial charge in [-0.15, -0.1) is 11.5 Å². The van der Waals surface area contributed by atoms with Crippen molar-refractivity contribution in [2.24, 2.45) is 0 Å². The van der Waals surface area contributed by atoms with Crippen LogP contribution in [0.1, 0.15) is 47.1 Å². The van der Waals surface area contributed by atoms with E-state index in [9.17, 15) is 0 Å². The van der Waals surface area contributed by atoms with Gasteiger partial charge in [-0.25, -0.2) is 0 Å². The van der Waals surface area contributed by atoms with Crippen molar-refractivity contribution in [3.05, 3.63) is 42.2 Å². The van der Waals surface area contributed by atoms with E-state index in [-0.39, 0.29) is 21.1 Å². The molecular formula is C16H26NW-. The Labute approximate surface area is 127 Å². The van der Waals surface area contributed by atoms with Crippen LogP contribution in [-0.4, -0.2) is 4.98 Å². The zero-order valence-corrected chi connectivity index (χ0v) is 15.7. The molecule has 2 aromatic rings. The predicted molar refractivity (Wildman–Crippen MR) is 79.4 cm³/mol. The van der Waals surface area contributed by atoms with Crippen molar-refractivity contribution in [3.8, 4) is 0 Å². The number of hydrogen-bond acceptors (Lipinski definition) is 1. The first-order valence-corrected chi connectivity index (χ1v) is 6.59. The summed E-state index contributed by atoms with van der Waals surface area (Å²) in [4.78, 5) is 4.02. The molecule has 0 radical (unpaired) electrons. The molecule has 0 aliphatic carbocycles. The van der Waals surface area contributed by atoms with Gasteiger partial charge in [-0.3, -0.25) is 4.98 Å². The van der Waals surface area contributed by atoms with Crippen molar-refractivity contribution < 1.29 is 21.1 Å². The molecule has 0 unspecified atom stereocenters. The van der Waals surface area contributed by atoms with Crippen LogP contribution in [0.5, 0.6) is 0 Å². The Morgan fingerprint density at radius 2 is 1.50 bits per heavy atom. The molecule has 102 valence electrons. The van der Waals surface area contributed by atoms with E-state index in [4.69, 9.17) is 0 Å². The molecule has 0 fully saturated rings. The quantitative estimate of drug-likeness (QED) is 0.523. The molecule has 1 nitrogen and oxygen atoms in total. The minimum atomic E-state index is 0. The van der Waals surface area contributed by atoms with E-state index in [1.165, 1.54) is 10.9 Å². The van der Waals surface area contributed by atoms with Crippen LogP contribution in [0.3, 0.4) is 0 Å². The van der Waals surface area contributed by atoms with Gasteiger partial charge in [0.1, 0.15) is 0 Å². The Hall–Kier alpha value is -0.682. The predicted octanol–water partition coefficient (Wildman–Crippen LogP) is 5.42. The Kier molecular flexibility index (Phi) is 20.4. The van der Waals surface area contributed by atoms with Gasteiger partial charge < -0.3 is 0 Å². The molecule has 0 bridgehead atoms. The second kappa shape index (κ2) is 16.3. The fraction of sp³-hybridized carbons (Fsp3) is 0.438. The maximum absolute atomic E-state index is 4.02. The van der Waals surface area contributed by atoms with Gasteiger partial charge in [0.2, 0.25) is 0 Å². The molecule has 0 N–H and O–H groups in total. The van der Waals surface area contributed by atoms with E-state index in [1.54, 1.807) is 6.20 Å². The number of pyridine rings is 1. The van der Waals surface area contributed by atoms with Gasteiger partial charge in [-0.05, 0) is 12.4 Å². The number of hydrogen-bond donors (Lipinski definition) is 0. The van der Waals surface area contributed by atoms with Crippen LogP contribution in [0.4, 0.5) is 0 Å². The molecule has 0 saturated carbocycles. The van der Waals surface area contributed by atoms with Crippen LogP contribution in [0.25, 0.3) is 10.8 Å². The summed E-state index contributed by atoms with van der Waals surface area (Å²) in [6.45, 7) is 14.1. The van der Waals surface area contributed by atoms with Gasteiger partial charge in [-0.2, -0.15) is 17.5 Å². The molecule has 0 aliphatic heterocycles. The van der Waals surface area contributed by atoms with E-state index in [0.717, 1.165) is 5.39 Å². The molecule has 0 spiro atoms. The Morgan fingerprint density at radius 1 is 0.944 bits per heavy atom. The van der Waals surface area contributed by atoms with Gasteiger partial charge in [0.15, 0.2) is 0 Å². The van der Waals surface area contributed by atoms with E-state index in [2.05, 4.69) is 24.0 Å². The second-order valence-electron chi connectivity index (χ2n) is 2.59. The molecule has 0 amide bonds. The number of benzene rings is 1. The third-order valence-corrected chi connectivity index (χ3v) is 1.82. The number of aromatic nitrogens is 1. The van der Waals surface area contributed by atoms with Crippen LogP contribution < -0.4 is 0 Å². The summed E-state index contributed by atoms with van der Waals surface area (Å²) < 4.78 is 0. The van der Waals surface area contributed by atoms with E-state index >= 15 is 0 Å². The zero-order chi connectivity index (χ0) is 13.7. The van der Waals surface area contributed by atoms with E-state index in [0.29, 0.717) is 0 Å². The average molecular weight is 416 g/mol. The molecule has 18 heavy (non-hydrogen) atoms. The van der Waals surface area contributed by atoms with Crippen molar-refractivity contribution >= 4 is 10.8 Å². The summed E-state index contributed by atoms with van der Waals surface area (Å²) in [5.74, 6) is 0. The van der Waals surface area contributed by atoms with Crippen molar-refractivity contribution in [2.75, 3.05) is 0 Å². The van der Waals surface area contributed by atoms with Crippen LogP contribution in [0, 0.1) is 13.0 Å². The summed E-state index contributed by atoms with van der Waals surface area (Å²) in [5, 5.41) is 2.33. The summed E-state index contributed by atoms with van der Waals surface area (Å²) in [5.41, 5.74) is 1.26. The van der Waals surface area contributed by atoms with E-state index < -0.39 is 0 Å². The number of fused-ring (bicyclic) bond motifs is 1. The zero-order valence-electron chi connectivity index (χ0n) is 12.7. The van der Waals surface area contributed by atoms with Crippen molar-refractivity contribution in [1.29, 1.82) is 0 Å². The molecule has 0 saturated heterocycles. The molecule has 2 heteroatoms. The van der Waals surface area contributed by atoms with Gasteiger partial charge >= 0.3 is 0 Å². The topological polar surface area (TPSA) is 12.9 Å². The van der Waals surface area contributed by atoms with Crippen molar-refractivity contribution in [3.63, 3.8) is 0 Å². The largest absolute Gasteiger partial charge is 0.291 e. The maximum atomic E-state index is 4.02. The third kappa shape index (κ3) is 7.61. The summed E-state index contributed by atoms with van der Waals surface area (Å²) >= 11 is 0. The molecule has 0 aliphatic rings. The molecule has 1 heterocycles. The number of nitrogens with zero attached hydrogens (tertiary/aromatic N) is 1. The standard InChI is InChI=1S/C10H8N.3C2H6.W/c1-8-3-2-4-9-5-6-11-7-10(8)9;3*1-2;/h2-4,6-7H,1H3;3*1-2H3;/q-1;;;;. The smallest absolute Gasteiger partial charge is 0 e. The van der Waals surface area contributed by atoms with Crippen LogP contribution in [0.15, 0.2) is 30.6 Å². The fourth-order valence-electron chi connectivity index (χ4n) is 1.20. The molecular weight excluding hydrogens is 390 g/mol. The van der Waals surface area contributed by atoms with Crippen molar-refractivity contribution in [2.45, 2.75) is 48.5 Å². The van der Waals surface area contributed by atoms with Crippen molar-refractivity contribution in [1.82, 2.24) is 4.98 Å². The average Bonchev–Trinajstić information content (AvgIpc) is 2.46. The van der Waals surface area contributed by atoms with E-state index in [1.807, 2.05) is 59.9 Å². The van der Waals surface area contributed by atoms with Gasteiger partial charge in [-0.1, -0.05) is 60.1 Å². The van der Waals surface area contributed by atoms with Gasteiger partial charge in [0.25, 0.3) is 0 Å². The summed E-state index contributed by atoms with van der Waals surface area (Å²) in [6.07, 6.45) is 3.57. The third-order valence-electron chi connectivity index (χ3n) is 1.82. The Balaban J connectivity index is -0.000000285. The molecule has 0 atom stereocenters. The normalized spacial score (nSPS) is 7.28. The number of rotatable bonds is 0. The minimum Gasteiger partial charge on any atom is -0.291 e. The molecule has 1 aromatic heterocycles. The molecule has 2 rings (SSSR count). The Morgan fingerprint density at radius 3 is 2.00 bits per heavy atom. The molecule has 1 aromatic carbocycles. The first-order chi connectivity index (χ1) is 8.38. The first-order valence-electron chi connectivity index (χ1n) is 6.59. The SMILES string of the molecule is CC.CC.CC.Cc1cccc2[c-]cncc12.[W]. The van der Waals surface area contributed by atoms with Gasteiger partial charge in [0.05, 0.1) is 0 Å². The summed E-state index contributed by atoms with van der Waals surface area (Å²) in [7, 11) is 0. The van der Waals surface area contributed by atoms with Crippen LogP contribution in [-0.2, 0) is 21.1 Å². The first kappa shape index (κ1) is 22.5. The second-order valence-corrected chi connectivity index (χ2v) is 2.59. The fourth-order valence-corrected chi connectivity index (χ4v) is 1.20. The Bertz CT molecular complexity index is 380. The minimum absolute atomic E-state index is 0. The van der Waals surface area contributed by atoms with Gasteiger partial charge in [0, 0.05) is 21.1 Å². The maximum Gasteiger partial charge on any atom is 0 e. The van der Waals surface area contributed by atoms with Crippen LogP contribution in [0.2, 0.25) is 0 Å². The summed E-state index contributed by atoms with van der Waals surface area (Å²) in [6, 6.07) is 9.24. The number of aryl methyl sites for hydroxylation is 1.